The van der Waals surface area contributed by atoms with E-state index in [9.17, 15) is 18.0 Å². The Morgan fingerprint density at radius 3 is 2.65 bits per heavy atom. The van der Waals surface area contributed by atoms with Gasteiger partial charge in [-0.1, -0.05) is 0 Å². The molecule has 0 radical (unpaired) electrons. The first-order valence-corrected chi connectivity index (χ1v) is 8.56. The van der Waals surface area contributed by atoms with E-state index in [1.807, 2.05) is 6.07 Å². The molecule has 3 aromatic rings. The predicted molar refractivity (Wildman–Crippen MR) is 87.0 cm³/mol. The summed E-state index contributed by atoms with van der Waals surface area (Å²) in [6, 6.07) is 4.84. The fourth-order valence-electron chi connectivity index (χ4n) is 3.03. The number of aromatic nitrogens is 4. The average molecular weight is 377 g/mol. The van der Waals surface area contributed by atoms with Crippen LogP contribution in [-0.2, 0) is 0 Å². The molecule has 1 saturated carbocycles. The van der Waals surface area contributed by atoms with Crippen molar-refractivity contribution < 1.29 is 13.2 Å². The molecule has 26 heavy (non-hydrogen) atoms. The zero-order valence-corrected chi connectivity index (χ0v) is 13.9. The van der Waals surface area contributed by atoms with Gasteiger partial charge in [0.2, 0.25) is 0 Å². The number of nitriles is 1. The maximum Gasteiger partial charge on any atom is 0.391 e. The van der Waals surface area contributed by atoms with Crippen molar-refractivity contribution in [3.63, 3.8) is 0 Å². The quantitative estimate of drug-likeness (QED) is 0.685. The molecule has 0 aliphatic heterocycles. The van der Waals surface area contributed by atoms with Crippen molar-refractivity contribution in [2.75, 3.05) is 0 Å². The molecule has 1 aliphatic rings. The molecule has 3 aromatic heterocycles. The summed E-state index contributed by atoms with van der Waals surface area (Å²) >= 11 is 1.17. The van der Waals surface area contributed by atoms with Crippen LogP contribution in [0.1, 0.15) is 30.3 Å². The minimum atomic E-state index is -4.24. The van der Waals surface area contributed by atoms with Gasteiger partial charge in [-0.3, -0.25) is 9.36 Å². The lowest BCUT2D eigenvalue weighted by molar-refractivity contribution is -0.198. The molecule has 4 rings (SSSR count). The molecular weight excluding hydrogens is 367 g/mol. The highest BCUT2D eigenvalue weighted by Gasteiger charge is 2.49. The Labute approximate surface area is 148 Å². The van der Waals surface area contributed by atoms with Gasteiger partial charge in [0.25, 0.3) is 5.56 Å². The first kappa shape index (κ1) is 16.7. The zero-order chi connectivity index (χ0) is 18.5. The van der Waals surface area contributed by atoms with Crippen molar-refractivity contribution in [3.8, 4) is 11.8 Å². The van der Waals surface area contributed by atoms with Crippen LogP contribution in [0.5, 0.6) is 0 Å². The van der Waals surface area contributed by atoms with Gasteiger partial charge in [-0.25, -0.2) is 15.0 Å². The maximum atomic E-state index is 12.8. The van der Waals surface area contributed by atoms with Gasteiger partial charge in [-0.2, -0.15) is 18.4 Å². The number of halogens is 3. The number of thiazole rings is 1. The summed E-state index contributed by atoms with van der Waals surface area (Å²) < 4.78 is 39.8. The largest absolute Gasteiger partial charge is 0.391 e. The Kier molecular flexibility index (Phi) is 3.77. The molecule has 0 aromatic carbocycles. The molecule has 1 fully saturated rings. The van der Waals surface area contributed by atoms with Crippen LogP contribution in [0.15, 0.2) is 28.6 Å². The van der Waals surface area contributed by atoms with Gasteiger partial charge < -0.3 is 0 Å². The van der Waals surface area contributed by atoms with Crippen molar-refractivity contribution in [3.05, 3.63) is 45.7 Å². The van der Waals surface area contributed by atoms with Crippen LogP contribution >= 0.6 is 11.3 Å². The van der Waals surface area contributed by atoms with Gasteiger partial charge in [0.1, 0.15) is 17.6 Å². The number of nitrogens with zero attached hydrogens (tertiary/aromatic N) is 5. The average Bonchev–Trinajstić information content (AvgIpc) is 3.01. The van der Waals surface area contributed by atoms with Crippen LogP contribution in [0.4, 0.5) is 13.2 Å². The Bertz CT molecular complexity index is 1070. The lowest BCUT2D eigenvalue weighted by Crippen LogP contribution is -2.37. The SMILES string of the molecule is N#Cc1ccc(-n2c(=O)c3ncsc3nc2[C@H]2C[C@@H](C(F)(F)F)C2)cn1. The van der Waals surface area contributed by atoms with Gasteiger partial charge in [0, 0.05) is 5.92 Å². The fourth-order valence-corrected chi connectivity index (χ4v) is 3.69. The van der Waals surface area contributed by atoms with Crippen LogP contribution < -0.4 is 5.56 Å². The van der Waals surface area contributed by atoms with Crippen LogP contribution in [-0.4, -0.2) is 25.7 Å². The summed E-state index contributed by atoms with van der Waals surface area (Å²) in [6.45, 7) is 0. The minimum absolute atomic E-state index is 0.107. The van der Waals surface area contributed by atoms with Crippen LogP contribution in [0, 0.1) is 17.2 Å². The molecule has 6 nitrogen and oxygen atoms in total. The second-order valence-corrected chi connectivity index (χ2v) is 6.87. The zero-order valence-electron chi connectivity index (χ0n) is 13.1. The van der Waals surface area contributed by atoms with Crippen molar-refractivity contribution in [2.24, 2.45) is 5.92 Å². The Morgan fingerprint density at radius 1 is 1.27 bits per heavy atom. The monoisotopic (exact) mass is 377 g/mol. The predicted octanol–water partition coefficient (Wildman–Crippen LogP) is 3.16. The Hall–Kier alpha value is -2.80. The van der Waals surface area contributed by atoms with E-state index in [0.717, 1.165) is 0 Å². The number of hydrogen-bond donors (Lipinski definition) is 0. The summed E-state index contributed by atoms with van der Waals surface area (Å²) in [5.41, 5.74) is 1.71. The topological polar surface area (TPSA) is 84.5 Å². The van der Waals surface area contributed by atoms with Crippen molar-refractivity contribution in [1.29, 1.82) is 5.26 Å². The molecule has 0 amide bonds. The molecule has 132 valence electrons. The Morgan fingerprint density at radius 2 is 2.04 bits per heavy atom. The van der Waals surface area contributed by atoms with Crippen LogP contribution in [0.2, 0.25) is 0 Å². The van der Waals surface area contributed by atoms with Gasteiger partial charge in [0.05, 0.1) is 23.3 Å². The third kappa shape index (κ3) is 2.64. The van der Waals surface area contributed by atoms with Crippen LogP contribution in [0.25, 0.3) is 16.0 Å². The summed E-state index contributed by atoms with van der Waals surface area (Å²) in [5, 5.41) is 8.85. The van der Waals surface area contributed by atoms with E-state index in [2.05, 4.69) is 15.0 Å². The molecule has 0 atom stereocenters. The minimum Gasteiger partial charge on any atom is -0.266 e. The van der Waals surface area contributed by atoms with Crippen molar-refractivity contribution in [1.82, 2.24) is 19.5 Å². The molecule has 0 saturated heterocycles. The maximum absolute atomic E-state index is 12.8. The smallest absolute Gasteiger partial charge is 0.266 e. The molecule has 1 aliphatic carbocycles. The van der Waals surface area contributed by atoms with Crippen molar-refractivity contribution >= 4 is 21.7 Å². The van der Waals surface area contributed by atoms with Gasteiger partial charge in [-0.15, -0.1) is 11.3 Å². The second kappa shape index (κ2) is 5.88. The van der Waals surface area contributed by atoms with E-state index in [4.69, 9.17) is 5.26 Å². The summed E-state index contributed by atoms with van der Waals surface area (Å²) in [4.78, 5) is 25.6. The number of pyridine rings is 1. The van der Waals surface area contributed by atoms with Gasteiger partial charge in [-0.05, 0) is 25.0 Å². The molecule has 10 heteroatoms. The third-order valence-electron chi connectivity index (χ3n) is 4.49. The van der Waals surface area contributed by atoms with E-state index in [0.29, 0.717) is 10.5 Å². The summed E-state index contributed by atoms with van der Waals surface area (Å²) in [6.07, 6.45) is -3.12. The first-order chi connectivity index (χ1) is 12.4. The highest BCUT2D eigenvalue weighted by Crippen LogP contribution is 2.49. The summed E-state index contributed by atoms with van der Waals surface area (Å²) in [5.74, 6) is -1.58. The molecular formula is C16H10F3N5OS. The van der Waals surface area contributed by atoms with Gasteiger partial charge >= 0.3 is 6.18 Å². The molecule has 0 N–H and O–H groups in total. The first-order valence-electron chi connectivity index (χ1n) is 7.68. The van der Waals surface area contributed by atoms with E-state index < -0.39 is 23.6 Å². The van der Waals surface area contributed by atoms with Gasteiger partial charge in [0.15, 0.2) is 10.3 Å². The second-order valence-electron chi connectivity index (χ2n) is 6.04. The highest BCUT2D eigenvalue weighted by molar-refractivity contribution is 7.16. The highest BCUT2D eigenvalue weighted by atomic mass is 32.1. The summed E-state index contributed by atoms with van der Waals surface area (Å²) in [7, 11) is 0. The van der Waals surface area contributed by atoms with E-state index in [1.165, 1.54) is 39.7 Å². The van der Waals surface area contributed by atoms with E-state index in [1.54, 1.807) is 0 Å². The third-order valence-corrected chi connectivity index (χ3v) is 5.21. The van der Waals surface area contributed by atoms with Crippen LogP contribution in [0.3, 0.4) is 0 Å². The molecule has 0 unspecified atom stereocenters. The number of alkyl halides is 3. The Balaban J connectivity index is 1.84. The lowest BCUT2D eigenvalue weighted by atomic mass is 9.74. The normalized spacial score (nSPS) is 19.9. The van der Waals surface area contributed by atoms with E-state index >= 15 is 0 Å². The standard InChI is InChI=1S/C16H10F3N5OS/c17-16(18,19)9-3-8(4-9)13-23-14-12(22-7-26-14)15(25)24(13)11-2-1-10(5-20)21-6-11/h1-2,6-9H,3-4H2/t8-,9+. The van der Waals surface area contributed by atoms with Crippen molar-refractivity contribution in [2.45, 2.75) is 24.9 Å². The van der Waals surface area contributed by atoms with E-state index in [-0.39, 0.29) is 29.9 Å². The number of fused-ring (bicyclic) bond motifs is 1. The number of rotatable bonds is 2. The lowest BCUT2D eigenvalue weighted by Gasteiger charge is -2.36. The molecule has 0 spiro atoms. The number of hydrogen-bond acceptors (Lipinski definition) is 6. The fraction of sp³-hybridized carbons (Fsp3) is 0.312. The molecule has 3 heterocycles. The molecule has 0 bridgehead atoms.